The van der Waals surface area contributed by atoms with Crippen LogP contribution in [0, 0.1) is 0 Å². The van der Waals surface area contributed by atoms with E-state index in [0.717, 1.165) is 26.1 Å². The zero-order chi connectivity index (χ0) is 11.7. The smallest absolute Gasteiger partial charge is 0.211 e. The van der Waals surface area contributed by atoms with Crippen molar-refractivity contribution in [2.24, 2.45) is 0 Å². The highest BCUT2D eigenvalue weighted by Crippen LogP contribution is 1.91. The fraction of sp³-hybridized carbons (Fsp3) is 1.00. The van der Waals surface area contributed by atoms with Crippen LogP contribution in [0.15, 0.2) is 0 Å². The molecule has 0 atom stereocenters. The summed E-state index contributed by atoms with van der Waals surface area (Å²) in [5.74, 6) is 0.229. The van der Waals surface area contributed by atoms with E-state index in [9.17, 15) is 8.42 Å². The molecule has 0 fully saturated rings. The zero-order valence-corrected chi connectivity index (χ0v) is 10.9. The summed E-state index contributed by atoms with van der Waals surface area (Å²) in [7, 11) is -3.03. The molecule has 0 bridgehead atoms. The summed E-state index contributed by atoms with van der Waals surface area (Å²) in [5.41, 5.74) is 0. The van der Waals surface area contributed by atoms with Gasteiger partial charge in [0.15, 0.2) is 0 Å². The normalized spacial score (nSPS) is 12.3. The lowest BCUT2D eigenvalue weighted by Gasteiger charge is -2.19. The molecule has 0 aromatic heterocycles. The SMILES string of the molecule is CCCN(CC)CCNS(=O)(=O)CCC. The molecule has 0 heterocycles. The number of nitrogens with one attached hydrogen (secondary N) is 1. The molecule has 0 amide bonds. The van der Waals surface area contributed by atoms with Gasteiger partial charge in [0.1, 0.15) is 0 Å². The predicted octanol–water partition coefficient (Wildman–Crippen LogP) is 1.05. The summed E-state index contributed by atoms with van der Waals surface area (Å²) in [6.07, 6.45) is 1.78. The first-order chi connectivity index (χ1) is 7.05. The van der Waals surface area contributed by atoms with E-state index in [1.54, 1.807) is 0 Å². The molecule has 0 unspecified atom stereocenters. The molecule has 0 radical (unpaired) electrons. The van der Waals surface area contributed by atoms with Gasteiger partial charge >= 0.3 is 0 Å². The number of hydrogen-bond donors (Lipinski definition) is 1. The van der Waals surface area contributed by atoms with Gasteiger partial charge in [-0.1, -0.05) is 20.8 Å². The van der Waals surface area contributed by atoms with Crippen LogP contribution in [0.3, 0.4) is 0 Å². The molecular formula is C10H24N2O2S. The standard InChI is InChI=1S/C10H24N2O2S/c1-4-8-12(6-3)9-7-11-15(13,14)10-5-2/h11H,4-10H2,1-3H3. The van der Waals surface area contributed by atoms with E-state index in [1.165, 1.54) is 0 Å². The minimum absolute atomic E-state index is 0.229. The minimum atomic E-state index is -3.03. The second-order valence-electron chi connectivity index (χ2n) is 3.65. The van der Waals surface area contributed by atoms with Gasteiger partial charge in [-0.3, -0.25) is 0 Å². The Morgan fingerprint density at radius 3 is 2.20 bits per heavy atom. The summed E-state index contributed by atoms with van der Waals surface area (Å²) >= 11 is 0. The van der Waals surface area contributed by atoms with Gasteiger partial charge in [-0.2, -0.15) is 0 Å². The van der Waals surface area contributed by atoms with Gasteiger partial charge in [0.25, 0.3) is 0 Å². The summed E-state index contributed by atoms with van der Waals surface area (Å²) < 4.78 is 25.3. The van der Waals surface area contributed by atoms with Gasteiger partial charge in [0, 0.05) is 13.1 Å². The van der Waals surface area contributed by atoms with Crippen molar-refractivity contribution in [3.63, 3.8) is 0 Å². The second-order valence-corrected chi connectivity index (χ2v) is 5.57. The predicted molar refractivity (Wildman–Crippen MR) is 64.5 cm³/mol. The largest absolute Gasteiger partial charge is 0.302 e. The molecule has 0 aliphatic rings. The lowest BCUT2D eigenvalue weighted by Crippen LogP contribution is -2.36. The average molecular weight is 236 g/mol. The van der Waals surface area contributed by atoms with E-state index in [0.29, 0.717) is 13.0 Å². The van der Waals surface area contributed by atoms with Crippen LogP contribution >= 0.6 is 0 Å². The van der Waals surface area contributed by atoms with Gasteiger partial charge in [0.05, 0.1) is 5.75 Å². The Balaban J connectivity index is 3.76. The molecule has 0 aliphatic heterocycles. The molecule has 0 spiro atoms. The molecule has 15 heavy (non-hydrogen) atoms. The highest BCUT2D eigenvalue weighted by atomic mass is 32.2. The zero-order valence-electron chi connectivity index (χ0n) is 10.1. The summed E-state index contributed by atoms with van der Waals surface area (Å²) in [4.78, 5) is 2.24. The third-order valence-electron chi connectivity index (χ3n) is 2.21. The number of rotatable bonds is 9. The first-order valence-corrected chi connectivity index (χ1v) is 7.40. The first kappa shape index (κ1) is 14.9. The third kappa shape index (κ3) is 7.76. The van der Waals surface area contributed by atoms with Crippen LogP contribution in [0.25, 0.3) is 0 Å². The van der Waals surface area contributed by atoms with Crippen molar-refractivity contribution in [2.45, 2.75) is 33.6 Å². The van der Waals surface area contributed by atoms with Gasteiger partial charge in [-0.25, -0.2) is 13.1 Å². The summed E-state index contributed by atoms with van der Waals surface area (Å²) in [6.45, 7) is 9.42. The minimum Gasteiger partial charge on any atom is -0.302 e. The molecular weight excluding hydrogens is 212 g/mol. The Labute approximate surface area is 94.1 Å². The first-order valence-electron chi connectivity index (χ1n) is 5.75. The van der Waals surface area contributed by atoms with Crippen molar-refractivity contribution >= 4 is 10.0 Å². The summed E-state index contributed by atoms with van der Waals surface area (Å²) in [5, 5.41) is 0. The van der Waals surface area contributed by atoms with Crippen LogP contribution in [0.2, 0.25) is 0 Å². The van der Waals surface area contributed by atoms with Crippen molar-refractivity contribution in [2.75, 3.05) is 31.9 Å². The van der Waals surface area contributed by atoms with Gasteiger partial charge < -0.3 is 4.90 Å². The molecule has 1 N–H and O–H groups in total. The van der Waals surface area contributed by atoms with Gasteiger partial charge in [-0.15, -0.1) is 0 Å². The molecule has 0 rings (SSSR count). The summed E-state index contributed by atoms with van der Waals surface area (Å²) in [6, 6.07) is 0. The molecule has 0 saturated carbocycles. The highest BCUT2D eigenvalue weighted by Gasteiger charge is 2.08. The quantitative estimate of drug-likeness (QED) is 0.651. The molecule has 0 aromatic rings. The van der Waals surface area contributed by atoms with E-state index < -0.39 is 10.0 Å². The number of sulfonamides is 1. The Kier molecular flexibility index (Phi) is 8.00. The lowest BCUT2D eigenvalue weighted by atomic mass is 10.4. The average Bonchev–Trinajstić information content (AvgIpc) is 2.16. The number of nitrogens with zero attached hydrogens (tertiary/aromatic N) is 1. The van der Waals surface area contributed by atoms with Crippen molar-refractivity contribution < 1.29 is 8.42 Å². The van der Waals surface area contributed by atoms with E-state index in [2.05, 4.69) is 23.5 Å². The Bertz CT molecular complexity index is 240. The number of likely N-dealkylation sites (N-methyl/N-ethyl adjacent to an activating group) is 1. The van der Waals surface area contributed by atoms with Crippen LogP contribution in [0.4, 0.5) is 0 Å². The Morgan fingerprint density at radius 1 is 1.07 bits per heavy atom. The van der Waals surface area contributed by atoms with Crippen LogP contribution < -0.4 is 4.72 Å². The maximum Gasteiger partial charge on any atom is 0.211 e. The van der Waals surface area contributed by atoms with E-state index in [-0.39, 0.29) is 5.75 Å². The van der Waals surface area contributed by atoms with Crippen molar-refractivity contribution in [3.05, 3.63) is 0 Å². The topological polar surface area (TPSA) is 49.4 Å². The molecule has 0 aromatic carbocycles. The van der Waals surface area contributed by atoms with Crippen LogP contribution in [-0.4, -0.2) is 45.2 Å². The molecule has 5 heteroatoms. The molecule has 0 aliphatic carbocycles. The molecule has 4 nitrogen and oxygen atoms in total. The number of hydrogen-bond acceptors (Lipinski definition) is 3. The van der Waals surface area contributed by atoms with Crippen molar-refractivity contribution in [3.8, 4) is 0 Å². The maximum atomic E-state index is 11.3. The van der Waals surface area contributed by atoms with Gasteiger partial charge in [-0.05, 0) is 25.9 Å². The van der Waals surface area contributed by atoms with Crippen LogP contribution in [0.1, 0.15) is 33.6 Å². The van der Waals surface area contributed by atoms with Crippen LogP contribution in [0.5, 0.6) is 0 Å². The Hall–Kier alpha value is -0.130. The molecule has 92 valence electrons. The monoisotopic (exact) mass is 236 g/mol. The fourth-order valence-electron chi connectivity index (χ4n) is 1.44. The van der Waals surface area contributed by atoms with E-state index >= 15 is 0 Å². The Morgan fingerprint density at radius 2 is 1.73 bits per heavy atom. The second kappa shape index (κ2) is 8.07. The van der Waals surface area contributed by atoms with Gasteiger partial charge in [0.2, 0.25) is 10.0 Å². The fourth-order valence-corrected chi connectivity index (χ4v) is 2.53. The molecule has 0 saturated heterocycles. The van der Waals surface area contributed by atoms with Crippen molar-refractivity contribution in [1.29, 1.82) is 0 Å². The van der Waals surface area contributed by atoms with E-state index in [4.69, 9.17) is 0 Å². The van der Waals surface area contributed by atoms with Crippen LogP contribution in [-0.2, 0) is 10.0 Å². The lowest BCUT2D eigenvalue weighted by molar-refractivity contribution is 0.293. The third-order valence-corrected chi connectivity index (χ3v) is 3.80. The maximum absolute atomic E-state index is 11.3. The van der Waals surface area contributed by atoms with E-state index in [1.807, 2.05) is 6.92 Å². The highest BCUT2D eigenvalue weighted by molar-refractivity contribution is 7.89. The van der Waals surface area contributed by atoms with Crippen molar-refractivity contribution in [1.82, 2.24) is 9.62 Å².